The molecule has 1 aliphatic heterocycles. The number of thiophene rings is 1. The summed E-state index contributed by atoms with van der Waals surface area (Å²) >= 11 is 1.80. The van der Waals surface area contributed by atoms with Gasteiger partial charge in [0.1, 0.15) is 12.2 Å². The second kappa shape index (κ2) is 8.31. The Bertz CT molecular complexity index is 896. The van der Waals surface area contributed by atoms with E-state index in [1.807, 2.05) is 7.05 Å². The fourth-order valence-corrected chi connectivity index (χ4v) is 4.05. The van der Waals surface area contributed by atoms with Crippen LogP contribution in [0.25, 0.3) is 10.2 Å². The van der Waals surface area contributed by atoms with Crippen molar-refractivity contribution in [3.05, 3.63) is 35.4 Å². The highest BCUT2D eigenvalue weighted by molar-refractivity contribution is 7.17. The van der Waals surface area contributed by atoms with Crippen molar-refractivity contribution >= 4 is 27.5 Å². The minimum atomic E-state index is -5.08. The smallest absolute Gasteiger partial charge is 0.475 e. The molecule has 0 bridgehead atoms. The zero-order valence-corrected chi connectivity index (χ0v) is 15.9. The maximum Gasteiger partial charge on any atom is 0.490 e. The molecule has 0 atom stereocenters. The third kappa shape index (κ3) is 4.90. The van der Waals surface area contributed by atoms with Crippen LogP contribution in [0.4, 0.5) is 13.2 Å². The summed E-state index contributed by atoms with van der Waals surface area (Å²) in [6.45, 7) is 3.28. The maximum absolute atomic E-state index is 10.6. The van der Waals surface area contributed by atoms with Crippen molar-refractivity contribution < 1.29 is 23.1 Å². The number of carboxylic acids is 1. The number of hydrogen-bond acceptors (Lipinski definition) is 5. The summed E-state index contributed by atoms with van der Waals surface area (Å²) in [4.78, 5) is 14.9. The maximum atomic E-state index is 10.6. The lowest BCUT2D eigenvalue weighted by Gasteiger charge is -2.31. The molecule has 0 spiro atoms. The fourth-order valence-electron chi connectivity index (χ4n) is 3.24. The summed E-state index contributed by atoms with van der Waals surface area (Å²) in [6, 6.07) is 4.44. The van der Waals surface area contributed by atoms with Gasteiger partial charge in [0.25, 0.3) is 0 Å². The first-order valence-corrected chi connectivity index (χ1v) is 9.53. The standard InChI is InChI=1S/C15H19N5S.C2HF3O2/c1-19-10-16-18-15(19)11-2-5-20(6-3-11)9-12-8-14-13(17-12)4-7-21-14;3-2(4,5)1(6)7/h4,7-8,10-11,17H,2-3,5-6,9H2,1H3;(H,6,7). The minimum Gasteiger partial charge on any atom is -0.475 e. The highest BCUT2D eigenvalue weighted by atomic mass is 32.1. The van der Waals surface area contributed by atoms with Crippen LogP contribution < -0.4 is 0 Å². The highest BCUT2D eigenvalue weighted by Crippen LogP contribution is 2.28. The molecule has 0 saturated carbocycles. The summed E-state index contributed by atoms with van der Waals surface area (Å²) in [7, 11) is 2.04. The first kappa shape index (κ1) is 20.3. The summed E-state index contributed by atoms with van der Waals surface area (Å²) in [5.41, 5.74) is 2.60. The van der Waals surface area contributed by atoms with E-state index in [4.69, 9.17) is 9.90 Å². The lowest BCUT2D eigenvalue weighted by molar-refractivity contribution is -0.192. The van der Waals surface area contributed by atoms with E-state index < -0.39 is 12.1 Å². The molecule has 0 aliphatic carbocycles. The zero-order valence-electron chi connectivity index (χ0n) is 15.1. The number of carbonyl (C=O) groups is 1. The van der Waals surface area contributed by atoms with Gasteiger partial charge in [0, 0.05) is 25.2 Å². The van der Waals surface area contributed by atoms with E-state index >= 15 is 0 Å². The van der Waals surface area contributed by atoms with Crippen molar-refractivity contribution in [2.45, 2.75) is 31.5 Å². The lowest BCUT2D eigenvalue weighted by Crippen LogP contribution is -2.33. The molecule has 0 unspecified atom stereocenters. The van der Waals surface area contributed by atoms with Gasteiger partial charge in [0.05, 0.1) is 10.2 Å². The first-order chi connectivity index (χ1) is 13.2. The van der Waals surface area contributed by atoms with Crippen molar-refractivity contribution in [1.29, 1.82) is 0 Å². The third-order valence-electron chi connectivity index (χ3n) is 4.63. The number of hydrogen-bond donors (Lipinski definition) is 2. The summed E-state index contributed by atoms with van der Waals surface area (Å²) in [5, 5.41) is 17.5. The quantitative estimate of drug-likeness (QED) is 0.685. The highest BCUT2D eigenvalue weighted by Gasteiger charge is 2.38. The Morgan fingerprint density at radius 2 is 2.07 bits per heavy atom. The number of fused-ring (bicyclic) bond motifs is 1. The number of aryl methyl sites for hydroxylation is 1. The molecule has 1 aliphatic rings. The largest absolute Gasteiger partial charge is 0.490 e. The molecule has 3 aromatic heterocycles. The van der Waals surface area contributed by atoms with Crippen molar-refractivity contribution in [3.8, 4) is 0 Å². The van der Waals surface area contributed by atoms with Crippen LogP contribution in [0.3, 0.4) is 0 Å². The molecule has 4 heterocycles. The fraction of sp³-hybridized carbons (Fsp3) is 0.471. The van der Waals surface area contributed by atoms with Crippen LogP contribution in [0, 0.1) is 0 Å². The van der Waals surface area contributed by atoms with Crippen LogP contribution >= 0.6 is 11.3 Å². The number of aromatic nitrogens is 4. The Morgan fingerprint density at radius 3 is 2.61 bits per heavy atom. The number of likely N-dealkylation sites (tertiary alicyclic amines) is 1. The van der Waals surface area contributed by atoms with Gasteiger partial charge in [-0.1, -0.05) is 0 Å². The molecule has 4 rings (SSSR count). The Kier molecular flexibility index (Phi) is 6.04. The Labute approximate surface area is 162 Å². The van der Waals surface area contributed by atoms with Gasteiger partial charge in [-0.3, -0.25) is 4.90 Å². The number of aromatic amines is 1. The Balaban J connectivity index is 0.000000279. The van der Waals surface area contributed by atoms with Gasteiger partial charge in [-0.25, -0.2) is 4.79 Å². The number of nitrogens with zero attached hydrogens (tertiary/aromatic N) is 4. The van der Waals surface area contributed by atoms with Crippen LogP contribution in [0.5, 0.6) is 0 Å². The SMILES string of the molecule is Cn1cnnc1C1CCN(Cc2cc3sccc3[nH]2)CC1.O=C(O)C(F)(F)F. The molecular weight excluding hydrogens is 395 g/mol. The number of halogens is 3. The average molecular weight is 415 g/mol. The van der Waals surface area contributed by atoms with Crippen molar-refractivity contribution in [3.63, 3.8) is 0 Å². The van der Waals surface area contributed by atoms with E-state index in [0.717, 1.165) is 25.5 Å². The van der Waals surface area contributed by atoms with Gasteiger partial charge in [-0.2, -0.15) is 13.2 Å². The zero-order chi connectivity index (χ0) is 20.3. The van der Waals surface area contributed by atoms with E-state index in [2.05, 4.69) is 42.2 Å². The predicted molar refractivity (Wildman–Crippen MR) is 98.1 cm³/mol. The van der Waals surface area contributed by atoms with Gasteiger partial charge in [-0.15, -0.1) is 21.5 Å². The number of carboxylic acid groups (broad SMARTS) is 1. The number of H-pyrrole nitrogens is 1. The number of aliphatic carboxylic acids is 1. The molecule has 2 N–H and O–H groups in total. The minimum absolute atomic E-state index is 0.556. The van der Waals surface area contributed by atoms with Crippen molar-refractivity contribution in [2.24, 2.45) is 7.05 Å². The molecule has 0 radical (unpaired) electrons. The van der Waals surface area contributed by atoms with Crippen LogP contribution in [-0.2, 0) is 18.4 Å². The van der Waals surface area contributed by atoms with E-state index in [0.29, 0.717) is 5.92 Å². The molecule has 1 saturated heterocycles. The Hall–Kier alpha value is -2.40. The van der Waals surface area contributed by atoms with E-state index in [1.54, 1.807) is 17.7 Å². The van der Waals surface area contributed by atoms with E-state index in [1.165, 1.54) is 28.8 Å². The molecule has 28 heavy (non-hydrogen) atoms. The van der Waals surface area contributed by atoms with Gasteiger partial charge < -0.3 is 14.7 Å². The molecule has 3 aromatic rings. The summed E-state index contributed by atoms with van der Waals surface area (Å²) in [6.07, 6.45) is -0.948. The number of piperidine rings is 1. The summed E-state index contributed by atoms with van der Waals surface area (Å²) in [5.74, 6) is -1.07. The van der Waals surface area contributed by atoms with Crippen LogP contribution in [0.15, 0.2) is 23.8 Å². The topological polar surface area (TPSA) is 87.0 Å². The van der Waals surface area contributed by atoms with E-state index in [9.17, 15) is 13.2 Å². The third-order valence-corrected chi connectivity index (χ3v) is 5.50. The van der Waals surface area contributed by atoms with Crippen LogP contribution in [0.1, 0.15) is 30.3 Å². The van der Waals surface area contributed by atoms with Gasteiger partial charge in [0.15, 0.2) is 0 Å². The normalized spacial score (nSPS) is 16.1. The average Bonchev–Trinajstić information content (AvgIpc) is 3.32. The predicted octanol–water partition coefficient (Wildman–Crippen LogP) is 3.37. The molecule has 11 heteroatoms. The lowest BCUT2D eigenvalue weighted by atomic mass is 9.96. The summed E-state index contributed by atoms with van der Waals surface area (Å²) < 4.78 is 35.2. The number of rotatable bonds is 3. The van der Waals surface area contributed by atoms with Crippen molar-refractivity contribution in [2.75, 3.05) is 13.1 Å². The molecular formula is C17H20F3N5O2S. The number of nitrogens with one attached hydrogen (secondary N) is 1. The molecule has 1 fully saturated rings. The van der Waals surface area contributed by atoms with Crippen molar-refractivity contribution in [1.82, 2.24) is 24.6 Å². The molecule has 7 nitrogen and oxygen atoms in total. The monoisotopic (exact) mass is 415 g/mol. The van der Waals surface area contributed by atoms with Gasteiger partial charge >= 0.3 is 12.1 Å². The number of alkyl halides is 3. The first-order valence-electron chi connectivity index (χ1n) is 8.65. The Morgan fingerprint density at radius 1 is 1.39 bits per heavy atom. The second-order valence-corrected chi connectivity index (χ2v) is 7.59. The van der Waals surface area contributed by atoms with Gasteiger partial charge in [-0.05, 0) is 43.4 Å². The van der Waals surface area contributed by atoms with Gasteiger partial charge in [0.2, 0.25) is 0 Å². The van der Waals surface area contributed by atoms with Crippen LogP contribution in [0.2, 0.25) is 0 Å². The van der Waals surface area contributed by atoms with Crippen LogP contribution in [-0.4, -0.2) is 55.0 Å². The molecule has 152 valence electrons. The van der Waals surface area contributed by atoms with E-state index in [-0.39, 0.29) is 0 Å². The second-order valence-electron chi connectivity index (χ2n) is 6.65. The molecule has 0 aromatic carbocycles. The molecule has 0 amide bonds.